The molecular weight excluding hydrogens is 247 g/mol. The zero-order chi connectivity index (χ0) is 12.9. The van der Waals surface area contributed by atoms with Crippen LogP contribution in [0.25, 0.3) is 6.08 Å². The topological polar surface area (TPSA) is 23.8 Å². The normalized spacial score (nSPS) is 11.7. The molecule has 0 saturated heterocycles. The van der Waals surface area contributed by atoms with Gasteiger partial charge in [0.05, 0.1) is 17.2 Å². The molecule has 5 heteroatoms. The zero-order valence-corrected chi connectivity index (χ0v) is 9.72. The number of rotatable bonds is 3. The molecule has 0 heterocycles. The van der Waals surface area contributed by atoms with E-state index in [0.717, 1.165) is 6.07 Å². The quantitative estimate of drug-likeness (QED) is 0.815. The maximum Gasteiger partial charge on any atom is 0.417 e. The van der Waals surface area contributed by atoms with Crippen molar-refractivity contribution in [2.45, 2.75) is 12.6 Å². The van der Waals surface area contributed by atoms with Crippen molar-refractivity contribution in [1.82, 2.24) is 0 Å². The van der Waals surface area contributed by atoms with Crippen molar-refractivity contribution in [2.24, 2.45) is 0 Å². The highest BCUT2D eigenvalue weighted by atomic mass is 32.1. The number of halogens is 3. The Bertz CT molecular complexity index is 458. The first-order valence-corrected chi connectivity index (χ1v) is 5.51. The number of nitriles is 1. The van der Waals surface area contributed by atoms with Gasteiger partial charge in [0, 0.05) is 0 Å². The molecule has 90 valence electrons. The van der Waals surface area contributed by atoms with Crippen molar-refractivity contribution in [2.75, 3.05) is 5.75 Å². The molecule has 0 spiro atoms. The predicted molar refractivity (Wildman–Crippen MR) is 63.7 cm³/mol. The molecule has 0 N–H and O–H groups in total. The van der Waals surface area contributed by atoms with Gasteiger partial charge in [-0.2, -0.15) is 31.1 Å². The lowest BCUT2D eigenvalue weighted by atomic mass is 10.0. The highest BCUT2D eigenvalue weighted by molar-refractivity contribution is 7.80. The van der Waals surface area contributed by atoms with E-state index in [4.69, 9.17) is 5.26 Å². The molecule has 17 heavy (non-hydrogen) atoms. The van der Waals surface area contributed by atoms with Crippen LogP contribution in [-0.2, 0) is 6.18 Å². The number of nitrogens with zero attached hydrogens (tertiary/aromatic N) is 1. The van der Waals surface area contributed by atoms with Gasteiger partial charge in [0.2, 0.25) is 0 Å². The lowest BCUT2D eigenvalue weighted by Gasteiger charge is -2.10. The number of hydrogen-bond donors (Lipinski definition) is 1. The maximum absolute atomic E-state index is 12.7. The third kappa shape index (κ3) is 3.82. The number of benzene rings is 1. The van der Waals surface area contributed by atoms with Gasteiger partial charge in [-0.15, -0.1) is 0 Å². The fourth-order valence-corrected chi connectivity index (χ4v) is 1.45. The Kier molecular flexibility index (Phi) is 4.64. The van der Waals surface area contributed by atoms with E-state index in [1.165, 1.54) is 18.2 Å². The van der Waals surface area contributed by atoms with Crippen LogP contribution in [0.4, 0.5) is 13.2 Å². The van der Waals surface area contributed by atoms with Crippen LogP contribution in [0.15, 0.2) is 24.3 Å². The second-order valence-electron chi connectivity index (χ2n) is 3.33. The minimum absolute atomic E-state index is 0.00340. The summed E-state index contributed by atoms with van der Waals surface area (Å²) in [5.41, 5.74) is -0.714. The third-order valence-electron chi connectivity index (χ3n) is 2.08. The first-order chi connectivity index (χ1) is 7.99. The minimum atomic E-state index is -4.45. The summed E-state index contributed by atoms with van der Waals surface area (Å²) in [6.07, 6.45) is -0.822. The highest BCUT2D eigenvalue weighted by Gasteiger charge is 2.32. The summed E-state index contributed by atoms with van der Waals surface area (Å²) in [6, 6.07) is 5.23. The molecule has 0 aliphatic rings. The molecule has 0 fully saturated rings. The van der Waals surface area contributed by atoms with Crippen LogP contribution < -0.4 is 0 Å². The predicted octanol–water partition coefficient (Wildman–Crippen LogP) is 3.91. The SMILES string of the molecule is N#Cc1ccc(C=CCCS)c(C(F)(F)F)c1. The van der Waals surface area contributed by atoms with Crippen LogP contribution in [0.2, 0.25) is 0 Å². The van der Waals surface area contributed by atoms with Crippen LogP contribution in [0.1, 0.15) is 23.1 Å². The Morgan fingerprint density at radius 3 is 2.59 bits per heavy atom. The second kappa shape index (κ2) is 5.78. The smallest absolute Gasteiger partial charge is 0.192 e. The minimum Gasteiger partial charge on any atom is -0.192 e. The van der Waals surface area contributed by atoms with Crippen LogP contribution >= 0.6 is 12.6 Å². The van der Waals surface area contributed by atoms with E-state index in [2.05, 4.69) is 12.6 Å². The Hall–Kier alpha value is -1.41. The van der Waals surface area contributed by atoms with Gasteiger partial charge < -0.3 is 0 Å². The summed E-state index contributed by atoms with van der Waals surface area (Å²) >= 11 is 3.96. The van der Waals surface area contributed by atoms with Crippen LogP contribution in [0.3, 0.4) is 0 Å². The van der Waals surface area contributed by atoms with Gasteiger partial charge in [0.15, 0.2) is 0 Å². The van der Waals surface area contributed by atoms with E-state index in [1.54, 1.807) is 12.1 Å². The van der Waals surface area contributed by atoms with Gasteiger partial charge in [-0.25, -0.2) is 0 Å². The lowest BCUT2D eigenvalue weighted by Crippen LogP contribution is -2.07. The average molecular weight is 257 g/mol. The summed E-state index contributed by atoms with van der Waals surface area (Å²) in [5.74, 6) is 0.578. The number of alkyl halides is 3. The van der Waals surface area contributed by atoms with Gasteiger partial charge in [0.25, 0.3) is 0 Å². The van der Waals surface area contributed by atoms with E-state index < -0.39 is 11.7 Å². The molecule has 1 aromatic rings. The Morgan fingerprint density at radius 2 is 2.06 bits per heavy atom. The molecule has 0 bridgehead atoms. The number of hydrogen-bond acceptors (Lipinski definition) is 2. The van der Waals surface area contributed by atoms with Gasteiger partial charge >= 0.3 is 6.18 Å². The van der Waals surface area contributed by atoms with E-state index in [-0.39, 0.29) is 11.1 Å². The van der Waals surface area contributed by atoms with E-state index in [1.807, 2.05) is 0 Å². The first kappa shape index (κ1) is 13.7. The molecule has 0 atom stereocenters. The summed E-state index contributed by atoms with van der Waals surface area (Å²) in [4.78, 5) is 0. The molecule has 0 amide bonds. The lowest BCUT2D eigenvalue weighted by molar-refractivity contribution is -0.137. The van der Waals surface area contributed by atoms with Crippen molar-refractivity contribution < 1.29 is 13.2 Å². The summed E-state index contributed by atoms with van der Waals surface area (Å²) in [6.45, 7) is 0. The first-order valence-electron chi connectivity index (χ1n) is 4.88. The van der Waals surface area contributed by atoms with E-state index in [9.17, 15) is 13.2 Å². The Balaban J connectivity index is 3.17. The second-order valence-corrected chi connectivity index (χ2v) is 3.77. The molecular formula is C12H10F3NS. The molecule has 1 nitrogen and oxygen atoms in total. The molecule has 0 aliphatic carbocycles. The molecule has 0 saturated carbocycles. The maximum atomic E-state index is 12.7. The van der Waals surface area contributed by atoms with Crippen LogP contribution in [0.5, 0.6) is 0 Å². The summed E-state index contributed by atoms with van der Waals surface area (Å²) in [5, 5.41) is 8.59. The Labute approximate surface area is 103 Å². The monoisotopic (exact) mass is 257 g/mol. The largest absolute Gasteiger partial charge is 0.417 e. The van der Waals surface area contributed by atoms with Crippen molar-refractivity contribution in [3.63, 3.8) is 0 Å². The number of allylic oxidation sites excluding steroid dienone is 1. The van der Waals surface area contributed by atoms with Crippen molar-refractivity contribution in [3.05, 3.63) is 41.0 Å². The fraction of sp³-hybridized carbons (Fsp3) is 0.250. The van der Waals surface area contributed by atoms with Gasteiger partial charge in [0.1, 0.15) is 0 Å². The van der Waals surface area contributed by atoms with Crippen molar-refractivity contribution in [1.29, 1.82) is 5.26 Å². The Morgan fingerprint density at radius 1 is 1.35 bits per heavy atom. The molecule has 0 aliphatic heterocycles. The van der Waals surface area contributed by atoms with E-state index in [0.29, 0.717) is 12.2 Å². The average Bonchev–Trinajstić information content (AvgIpc) is 2.28. The molecule has 0 radical (unpaired) electrons. The summed E-state index contributed by atoms with van der Waals surface area (Å²) in [7, 11) is 0. The van der Waals surface area contributed by atoms with E-state index >= 15 is 0 Å². The molecule has 1 aromatic carbocycles. The van der Waals surface area contributed by atoms with Gasteiger partial charge in [-0.05, 0) is 29.9 Å². The van der Waals surface area contributed by atoms with Crippen molar-refractivity contribution in [3.8, 4) is 6.07 Å². The standard InChI is InChI=1S/C12H10F3NS/c13-12(14,15)11-7-9(8-16)4-5-10(11)3-1-2-6-17/h1,3-5,7,17H,2,6H2. The van der Waals surface area contributed by atoms with Crippen LogP contribution in [-0.4, -0.2) is 5.75 Å². The summed E-state index contributed by atoms with van der Waals surface area (Å²) < 4.78 is 38.1. The fourth-order valence-electron chi connectivity index (χ4n) is 1.30. The number of thiol groups is 1. The molecule has 1 rings (SSSR count). The molecule has 0 unspecified atom stereocenters. The highest BCUT2D eigenvalue weighted by Crippen LogP contribution is 2.33. The zero-order valence-electron chi connectivity index (χ0n) is 8.83. The van der Waals surface area contributed by atoms with Crippen molar-refractivity contribution >= 4 is 18.7 Å². The third-order valence-corrected chi connectivity index (χ3v) is 2.34. The van der Waals surface area contributed by atoms with Gasteiger partial charge in [-0.1, -0.05) is 18.2 Å². The van der Waals surface area contributed by atoms with Crippen LogP contribution in [0, 0.1) is 11.3 Å². The van der Waals surface area contributed by atoms with Gasteiger partial charge in [-0.3, -0.25) is 0 Å². The molecule has 0 aromatic heterocycles.